The summed E-state index contributed by atoms with van der Waals surface area (Å²) >= 11 is 0. The molecule has 1 unspecified atom stereocenters. The fourth-order valence-electron chi connectivity index (χ4n) is 2.81. The smallest absolute Gasteiger partial charge is 0.251 e. The van der Waals surface area contributed by atoms with Crippen LogP contribution in [0.25, 0.3) is 0 Å². The largest absolute Gasteiger partial charge is 0.491 e. The number of amides is 1. The van der Waals surface area contributed by atoms with Crippen LogP contribution in [-0.4, -0.2) is 30.3 Å². The van der Waals surface area contributed by atoms with Crippen molar-refractivity contribution in [3.63, 3.8) is 0 Å². The predicted octanol–water partition coefficient (Wildman–Crippen LogP) is 2.48. The van der Waals surface area contributed by atoms with E-state index in [-0.39, 0.29) is 24.9 Å². The minimum absolute atomic E-state index is 0.0239. The first-order valence-corrected chi connectivity index (χ1v) is 8.08. The molecule has 5 heteroatoms. The molecule has 1 aliphatic carbocycles. The molecular formula is C19H20FNO3. The number of hydrogen-bond acceptors (Lipinski definition) is 3. The second-order valence-corrected chi connectivity index (χ2v) is 5.97. The zero-order valence-electron chi connectivity index (χ0n) is 13.3. The highest BCUT2D eigenvalue weighted by molar-refractivity contribution is 5.94. The minimum atomic E-state index is -0.839. The molecule has 1 atom stereocenters. The van der Waals surface area contributed by atoms with Gasteiger partial charge >= 0.3 is 0 Å². The van der Waals surface area contributed by atoms with Gasteiger partial charge in [-0.15, -0.1) is 0 Å². The van der Waals surface area contributed by atoms with Crippen molar-refractivity contribution in [2.24, 2.45) is 0 Å². The van der Waals surface area contributed by atoms with Gasteiger partial charge in [-0.2, -0.15) is 0 Å². The average molecular weight is 329 g/mol. The minimum Gasteiger partial charge on any atom is -0.491 e. The van der Waals surface area contributed by atoms with Crippen LogP contribution in [0, 0.1) is 5.82 Å². The zero-order chi connectivity index (χ0) is 16.9. The van der Waals surface area contributed by atoms with Crippen LogP contribution in [0.2, 0.25) is 0 Å². The highest BCUT2D eigenvalue weighted by atomic mass is 19.1. The van der Waals surface area contributed by atoms with Crippen molar-refractivity contribution < 1.29 is 19.0 Å². The second-order valence-electron chi connectivity index (χ2n) is 5.97. The molecular weight excluding hydrogens is 309 g/mol. The van der Waals surface area contributed by atoms with Crippen molar-refractivity contribution in [1.29, 1.82) is 0 Å². The summed E-state index contributed by atoms with van der Waals surface area (Å²) in [4.78, 5) is 12.2. The first kappa shape index (κ1) is 16.5. The molecule has 4 nitrogen and oxygen atoms in total. The molecule has 0 bridgehead atoms. The molecule has 1 amide bonds. The van der Waals surface area contributed by atoms with E-state index < -0.39 is 6.10 Å². The highest BCUT2D eigenvalue weighted by Crippen LogP contribution is 2.22. The summed E-state index contributed by atoms with van der Waals surface area (Å²) in [7, 11) is 0. The molecule has 0 saturated heterocycles. The van der Waals surface area contributed by atoms with Gasteiger partial charge in [-0.3, -0.25) is 4.79 Å². The number of fused-ring (bicyclic) bond motifs is 1. The van der Waals surface area contributed by atoms with Crippen LogP contribution in [0.15, 0.2) is 42.5 Å². The Morgan fingerprint density at radius 3 is 2.71 bits per heavy atom. The van der Waals surface area contributed by atoms with Crippen LogP contribution in [0.4, 0.5) is 4.39 Å². The Morgan fingerprint density at radius 2 is 1.92 bits per heavy atom. The number of nitrogens with one attached hydrogen (secondary N) is 1. The van der Waals surface area contributed by atoms with E-state index in [4.69, 9.17) is 4.74 Å². The van der Waals surface area contributed by atoms with E-state index in [1.165, 1.54) is 35.4 Å². The zero-order valence-corrected chi connectivity index (χ0v) is 13.3. The van der Waals surface area contributed by atoms with Crippen LogP contribution >= 0.6 is 0 Å². The van der Waals surface area contributed by atoms with Gasteiger partial charge in [0.05, 0.1) is 0 Å². The van der Waals surface area contributed by atoms with Crippen LogP contribution in [0.1, 0.15) is 27.9 Å². The van der Waals surface area contributed by atoms with Crippen molar-refractivity contribution in [1.82, 2.24) is 5.32 Å². The number of carbonyl (C=O) groups excluding carboxylic acids is 1. The van der Waals surface area contributed by atoms with E-state index in [1.54, 1.807) is 0 Å². The number of benzene rings is 2. The maximum absolute atomic E-state index is 12.8. The third-order valence-corrected chi connectivity index (χ3v) is 4.11. The molecule has 0 aliphatic heterocycles. The van der Waals surface area contributed by atoms with E-state index in [0.29, 0.717) is 11.3 Å². The molecule has 0 heterocycles. The fraction of sp³-hybridized carbons (Fsp3) is 0.316. The molecule has 126 valence electrons. The van der Waals surface area contributed by atoms with Gasteiger partial charge in [0.1, 0.15) is 24.3 Å². The van der Waals surface area contributed by atoms with Crippen molar-refractivity contribution >= 4 is 5.91 Å². The molecule has 0 saturated carbocycles. The normalized spacial score (nSPS) is 14.1. The number of carbonyl (C=O) groups is 1. The quantitative estimate of drug-likeness (QED) is 0.856. The SMILES string of the molecule is O=C(NCC(O)COc1ccc(F)cc1)c1ccc2c(c1)CCC2. The first-order chi connectivity index (χ1) is 11.6. The van der Waals surface area contributed by atoms with E-state index in [2.05, 4.69) is 5.32 Å². The fourth-order valence-corrected chi connectivity index (χ4v) is 2.81. The molecule has 0 spiro atoms. The van der Waals surface area contributed by atoms with Gasteiger partial charge in [0, 0.05) is 12.1 Å². The molecule has 3 rings (SSSR count). The van der Waals surface area contributed by atoms with Gasteiger partial charge in [-0.25, -0.2) is 4.39 Å². The maximum Gasteiger partial charge on any atom is 0.251 e. The summed E-state index contributed by atoms with van der Waals surface area (Å²) in [5.74, 6) is -0.0737. The third-order valence-electron chi connectivity index (χ3n) is 4.11. The number of rotatable bonds is 6. The lowest BCUT2D eigenvalue weighted by molar-refractivity contribution is 0.0843. The number of ether oxygens (including phenoxy) is 1. The summed E-state index contributed by atoms with van der Waals surface area (Å²) < 4.78 is 18.1. The molecule has 2 aromatic rings. The van der Waals surface area contributed by atoms with E-state index in [9.17, 15) is 14.3 Å². The van der Waals surface area contributed by atoms with E-state index in [0.717, 1.165) is 19.3 Å². The summed E-state index contributed by atoms with van der Waals surface area (Å²) in [5, 5.41) is 12.6. The lowest BCUT2D eigenvalue weighted by Gasteiger charge is -2.13. The Labute approximate surface area is 140 Å². The van der Waals surface area contributed by atoms with Crippen molar-refractivity contribution in [3.8, 4) is 5.75 Å². The maximum atomic E-state index is 12.8. The molecule has 24 heavy (non-hydrogen) atoms. The summed E-state index contributed by atoms with van der Waals surface area (Å²) in [5.41, 5.74) is 3.17. The first-order valence-electron chi connectivity index (χ1n) is 8.08. The number of aryl methyl sites for hydroxylation is 2. The Bertz CT molecular complexity index is 715. The Balaban J connectivity index is 1.46. The van der Waals surface area contributed by atoms with Crippen molar-refractivity contribution in [2.75, 3.05) is 13.2 Å². The Morgan fingerprint density at radius 1 is 1.17 bits per heavy atom. The van der Waals surface area contributed by atoms with Crippen LogP contribution in [0.3, 0.4) is 0 Å². The number of hydrogen-bond donors (Lipinski definition) is 2. The van der Waals surface area contributed by atoms with Gasteiger partial charge in [0.25, 0.3) is 5.91 Å². The molecule has 2 N–H and O–H groups in total. The highest BCUT2D eigenvalue weighted by Gasteiger charge is 2.15. The topological polar surface area (TPSA) is 58.6 Å². The van der Waals surface area contributed by atoms with Crippen LogP contribution < -0.4 is 10.1 Å². The van der Waals surface area contributed by atoms with Crippen molar-refractivity contribution in [2.45, 2.75) is 25.4 Å². The lowest BCUT2D eigenvalue weighted by Crippen LogP contribution is -2.35. The third kappa shape index (κ3) is 4.11. The molecule has 0 fully saturated rings. The summed E-state index contributed by atoms with van der Waals surface area (Å²) in [6.45, 7) is 0.118. The van der Waals surface area contributed by atoms with Gasteiger partial charge in [-0.05, 0) is 66.8 Å². The molecule has 1 aliphatic rings. The molecule has 0 aromatic heterocycles. The lowest BCUT2D eigenvalue weighted by atomic mass is 10.1. The van der Waals surface area contributed by atoms with Gasteiger partial charge in [0.15, 0.2) is 0 Å². The summed E-state index contributed by atoms with van der Waals surface area (Å²) in [6.07, 6.45) is 2.40. The Kier molecular flexibility index (Phi) is 5.11. The van der Waals surface area contributed by atoms with Crippen molar-refractivity contribution in [3.05, 3.63) is 65.0 Å². The molecule has 2 aromatic carbocycles. The molecule has 0 radical (unpaired) electrons. The number of halogens is 1. The van der Waals surface area contributed by atoms with Crippen LogP contribution in [0.5, 0.6) is 5.75 Å². The number of aliphatic hydroxyl groups excluding tert-OH is 1. The average Bonchev–Trinajstić information content (AvgIpc) is 3.06. The van der Waals surface area contributed by atoms with Crippen LogP contribution in [-0.2, 0) is 12.8 Å². The Hall–Kier alpha value is -2.40. The predicted molar refractivity (Wildman–Crippen MR) is 88.7 cm³/mol. The van der Waals surface area contributed by atoms with Gasteiger partial charge in [0.2, 0.25) is 0 Å². The van der Waals surface area contributed by atoms with E-state index in [1.807, 2.05) is 18.2 Å². The monoisotopic (exact) mass is 329 g/mol. The number of aliphatic hydroxyl groups is 1. The van der Waals surface area contributed by atoms with Gasteiger partial charge in [-0.1, -0.05) is 6.07 Å². The van der Waals surface area contributed by atoms with E-state index >= 15 is 0 Å². The second kappa shape index (κ2) is 7.45. The standard InChI is InChI=1S/C19H20FNO3/c20-16-6-8-18(9-7-16)24-12-17(22)11-21-19(23)15-5-4-13-2-1-3-14(13)10-15/h4-10,17,22H,1-3,11-12H2,(H,21,23). The summed E-state index contributed by atoms with van der Waals surface area (Å²) in [6, 6.07) is 11.3. The van der Waals surface area contributed by atoms with Gasteiger partial charge < -0.3 is 15.2 Å².